The minimum atomic E-state index is -0.844. The molecule has 23 heavy (non-hydrogen) atoms. The number of nitrogens with zero attached hydrogens (tertiary/aromatic N) is 2. The minimum absolute atomic E-state index is 0.105. The van der Waals surface area contributed by atoms with Gasteiger partial charge >= 0.3 is 0 Å². The zero-order valence-electron chi connectivity index (χ0n) is 12.4. The van der Waals surface area contributed by atoms with Crippen molar-refractivity contribution >= 4 is 22.5 Å². The predicted molar refractivity (Wildman–Crippen MR) is 89.0 cm³/mol. The van der Waals surface area contributed by atoms with Crippen LogP contribution in [0.2, 0.25) is 5.02 Å². The van der Waals surface area contributed by atoms with E-state index in [2.05, 4.69) is 4.98 Å². The van der Waals surface area contributed by atoms with Crippen molar-refractivity contribution in [1.29, 1.82) is 0 Å². The van der Waals surface area contributed by atoms with Gasteiger partial charge < -0.3 is 9.84 Å². The Morgan fingerprint density at radius 2 is 2.13 bits per heavy atom. The molecule has 0 aliphatic heterocycles. The molecule has 2 aromatic carbocycles. The third kappa shape index (κ3) is 3.21. The van der Waals surface area contributed by atoms with Gasteiger partial charge in [0.15, 0.2) is 0 Å². The fraction of sp³-hybridized carbons (Fsp3) is 0.176. The van der Waals surface area contributed by atoms with E-state index in [0.717, 1.165) is 0 Å². The van der Waals surface area contributed by atoms with Gasteiger partial charge in [-0.2, -0.15) is 0 Å². The number of fused-ring (bicyclic) bond motifs is 1. The lowest BCUT2D eigenvalue weighted by Gasteiger charge is -2.13. The number of aliphatic hydroxyl groups is 1. The van der Waals surface area contributed by atoms with E-state index < -0.39 is 6.10 Å². The van der Waals surface area contributed by atoms with Gasteiger partial charge in [-0.05, 0) is 29.8 Å². The van der Waals surface area contributed by atoms with E-state index >= 15 is 0 Å². The van der Waals surface area contributed by atoms with Gasteiger partial charge in [-0.3, -0.25) is 9.36 Å². The number of methoxy groups -OCH3 is 1. The van der Waals surface area contributed by atoms with Crippen molar-refractivity contribution in [3.8, 4) is 5.75 Å². The molecule has 1 N–H and O–H groups in total. The smallest absolute Gasteiger partial charge is 0.261 e. The van der Waals surface area contributed by atoms with Gasteiger partial charge in [0, 0.05) is 11.1 Å². The summed E-state index contributed by atoms with van der Waals surface area (Å²) in [6.45, 7) is 0.105. The van der Waals surface area contributed by atoms with Crippen LogP contribution in [0.3, 0.4) is 0 Å². The average molecular weight is 331 g/mol. The molecule has 5 nitrogen and oxygen atoms in total. The fourth-order valence-corrected chi connectivity index (χ4v) is 2.60. The molecule has 0 aliphatic carbocycles. The molecule has 0 saturated heterocycles. The number of benzene rings is 2. The molecule has 0 saturated carbocycles. The molecular formula is C17H15ClN2O3. The van der Waals surface area contributed by atoms with E-state index in [9.17, 15) is 9.90 Å². The summed E-state index contributed by atoms with van der Waals surface area (Å²) in [5, 5.41) is 11.3. The monoisotopic (exact) mass is 330 g/mol. The summed E-state index contributed by atoms with van der Waals surface area (Å²) < 4.78 is 6.51. The van der Waals surface area contributed by atoms with Gasteiger partial charge in [0.1, 0.15) is 5.75 Å². The van der Waals surface area contributed by atoms with Crippen LogP contribution in [0, 0.1) is 0 Å². The summed E-state index contributed by atoms with van der Waals surface area (Å²) in [5.41, 5.74) is 1.00. The molecule has 118 valence electrons. The highest BCUT2D eigenvalue weighted by Gasteiger charge is 2.12. The Morgan fingerprint density at radius 3 is 2.87 bits per heavy atom. The number of hydrogen-bond donors (Lipinski definition) is 1. The van der Waals surface area contributed by atoms with Crippen LogP contribution in [0.15, 0.2) is 53.6 Å². The van der Waals surface area contributed by atoms with Gasteiger partial charge in [0.2, 0.25) is 0 Å². The van der Waals surface area contributed by atoms with Crippen molar-refractivity contribution in [2.75, 3.05) is 7.11 Å². The first-order valence-electron chi connectivity index (χ1n) is 7.05. The molecule has 0 amide bonds. The van der Waals surface area contributed by atoms with Crippen molar-refractivity contribution in [2.45, 2.75) is 12.6 Å². The van der Waals surface area contributed by atoms with Crippen molar-refractivity contribution in [2.24, 2.45) is 0 Å². The summed E-state index contributed by atoms with van der Waals surface area (Å²) >= 11 is 5.93. The van der Waals surface area contributed by atoms with Crippen LogP contribution >= 0.6 is 11.6 Å². The maximum Gasteiger partial charge on any atom is 0.261 e. The summed E-state index contributed by atoms with van der Waals surface area (Å²) in [4.78, 5) is 16.8. The Hall–Kier alpha value is -2.37. The first-order chi connectivity index (χ1) is 11.1. The molecule has 1 aromatic heterocycles. The van der Waals surface area contributed by atoms with Crippen LogP contribution in [0.5, 0.6) is 5.75 Å². The predicted octanol–water partition coefficient (Wildman–Crippen LogP) is 2.79. The maximum atomic E-state index is 12.5. The highest BCUT2D eigenvalue weighted by atomic mass is 35.5. The number of halogens is 1. The van der Waals surface area contributed by atoms with Crippen LogP contribution < -0.4 is 10.3 Å². The second kappa shape index (κ2) is 6.40. The van der Waals surface area contributed by atoms with E-state index in [-0.39, 0.29) is 12.1 Å². The second-order valence-electron chi connectivity index (χ2n) is 5.16. The molecule has 3 aromatic rings. The van der Waals surface area contributed by atoms with E-state index in [0.29, 0.717) is 27.2 Å². The zero-order chi connectivity index (χ0) is 16.4. The molecule has 1 unspecified atom stereocenters. The van der Waals surface area contributed by atoms with Crippen molar-refractivity contribution in [3.05, 3.63) is 69.7 Å². The first kappa shape index (κ1) is 15.5. The molecule has 0 bridgehead atoms. The third-order valence-corrected chi connectivity index (χ3v) is 3.87. The number of aliphatic hydroxyl groups excluding tert-OH is 1. The topological polar surface area (TPSA) is 64.3 Å². The van der Waals surface area contributed by atoms with Crippen molar-refractivity contribution < 1.29 is 9.84 Å². The molecule has 1 atom stereocenters. The van der Waals surface area contributed by atoms with Gasteiger partial charge in [0.05, 0.1) is 37.0 Å². The molecule has 3 rings (SSSR count). The molecule has 0 radical (unpaired) electrons. The Labute approximate surface area is 137 Å². The first-order valence-corrected chi connectivity index (χ1v) is 7.43. The van der Waals surface area contributed by atoms with Gasteiger partial charge in [-0.1, -0.05) is 23.7 Å². The van der Waals surface area contributed by atoms with Gasteiger partial charge in [0.25, 0.3) is 5.56 Å². The summed E-state index contributed by atoms with van der Waals surface area (Å²) in [5.74, 6) is 0.640. The van der Waals surface area contributed by atoms with Crippen molar-refractivity contribution in [1.82, 2.24) is 9.55 Å². The molecule has 1 heterocycles. The molecule has 0 aliphatic rings. The lowest BCUT2D eigenvalue weighted by Crippen LogP contribution is -2.23. The minimum Gasteiger partial charge on any atom is -0.497 e. The molecular weight excluding hydrogens is 316 g/mol. The standard InChI is InChI=1S/C17H15ClN2O3/c1-23-13-5-6-14-15(8-13)19-10-20(17(14)22)9-16(21)11-3-2-4-12(18)7-11/h2-8,10,16,21H,9H2,1H3. The lowest BCUT2D eigenvalue weighted by atomic mass is 10.1. The van der Waals surface area contributed by atoms with E-state index in [1.165, 1.54) is 10.9 Å². The Morgan fingerprint density at radius 1 is 1.30 bits per heavy atom. The summed E-state index contributed by atoms with van der Waals surface area (Å²) in [6, 6.07) is 12.0. The summed E-state index contributed by atoms with van der Waals surface area (Å²) in [7, 11) is 1.56. The largest absolute Gasteiger partial charge is 0.497 e. The normalized spacial score (nSPS) is 12.3. The number of ether oxygens (including phenoxy) is 1. The van der Waals surface area contributed by atoms with E-state index in [1.807, 2.05) is 0 Å². The number of aromatic nitrogens is 2. The number of rotatable bonds is 4. The quantitative estimate of drug-likeness (QED) is 0.799. The Bertz CT molecular complexity index is 908. The van der Waals surface area contributed by atoms with Crippen LogP contribution in [0.1, 0.15) is 11.7 Å². The highest BCUT2D eigenvalue weighted by Crippen LogP contribution is 2.20. The molecule has 6 heteroatoms. The second-order valence-corrected chi connectivity index (χ2v) is 5.59. The van der Waals surface area contributed by atoms with Crippen molar-refractivity contribution in [3.63, 3.8) is 0 Å². The van der Waals surface area contributed by atoms with E-state index in [1.54, 1.807) is 49.6 Å². The Kier molecular flexibility index (Phi) is 4.32. The fourth-order valence-electron chi connectivity index (χ4n) is 2.40. The Balaban J connectivity index is 1.94. The van der Waals surface area contributed by atoms with Gasteiger partial charge in [-0.25, -0.2) is 4.98 Å². The lowest BCUT2D eigenvalue weighted by molar-refractivity contribution is 0.155. The van der Waals surface area contributed by atoms with E-state index in [4.69, 9.17) is 16.3 Å². The van der Waals surface area contributed by atoms with Crippen LogP contribution in [-0.2, 0) is 6.54 Å². The van der Waals surface area contributed by atoms with Crippen LogP contribution in [0.25, 0.3) is 10.9 Å². The molecule has 0 spiro atoms. The maximum absolute atomic E-state index is 12.5. The SMILES string of the molecule is COc1ccc2c(=O)n(CC(O)c3cccc(Cl)c3)cnc2c1. The summed E-state index contributed by atoms with van der Waals surface area (Å²) in [6.07, 6.45) is 0.585. The number of hydrogen-bond acceptors (Lipinski definition) is 4. The third-order valence-electron chi connectivity index (χ3n) is 3.64. The van der Waals surface area contributed by atoms with Crippen LogP contribution in [-0.4, -0.2) is 21.8 Å². The average Bonchev–Trinajstić information content (AvgIpc) is 2.57. The van der Waals surface area contributed by atoms with Gasteiger partial charge in [-0.15, -0.1) is 0 Å². The highest BCUT2D eigenvalue weighted by molar-refractivity contribution is 6.30. The van der Waals surface area contributed by atoms with Crippen LogP contribution in [0.4, 0.5) is 0 Å². The molecule has 0 fully saturated rings. The zero-order valence-corrected chi connectivity index (χ0v) is 13.2.